The predicted molar refractivity (Wildman–Crippen MR) is 168 cm³/mol. The molecule has 2 aliphatic heterocycles. The lowest BCUT2D eigenvalue weighted by Gasteiger charge is -2.44. The van der Waals surface area contributed by atoms with E-state index in [-0.39, 0.29) is 45.9 Å². The molecule has 6 atom stereocenters. The van der Waals surface area contributed by atoms with Gasteiger partial charge < -0.3 is 25.2 Å². The van der Waals surface area contributed by atoms with Crippen molar-refractivity contribution in [2.45, 2.75) is 18.8 Å². The molecule has 7 rings (SSSR count). The Kier molecular flexibility index (Phi) is 7.41. The summed E-state index contributed by atoms with van der Waals surface area (Å²) < 4.78 is 0. The third-order valence-corrected chi connectivity index (χ3v) is 10.1. The van der Waals surface area contributed by atoms with Crippen LogP contribution in [0.3, 0.4) is 0 Å². The summed E-state index contributed by atoms with van der Waals surface area (Å²) in [5.41, 5.74) is 1.78. The van der Waals surface area contributed by atoms with Crippen LogP contribution in [-0.2, 0) is 19.2 Å². The highest BCUT2D eigenvalue weighted by molar-refractivity contribution is 6.59. The normalized spacial score (nSPS) is 26.9. The molecule has 2 heterocycles. The Labute approximate surface area is 268 Å². The average molecular weight is 641 g/mol. The highest BCUT2D eigenvalue weighted by Gasteiger charge is 2.62. The van der Waals surface area contributed by atoms with Crippen molar-refractivity contribution >= 4 is 71.8 Å². The van der Waals surface area contributed by atoms with Gasteiger partial charge >= 0.3 is 14.2 Å². The number of anilines is 2. The van der Waals surface area contributed by atoms with Crippen LogP contribution in [0.15, 0.2) is 78.4 Å². The number of imide groups is 2. The van der Waals surface area contributed by atoms with Crippen LogP contribution in [0.1, 0.15) is 24.3 Å². The van der Waals surface area contributed by atoms with Crippen molar-refractivity contribution < 1.29 is 44.4 Å². The maximum Gasteiger partial charge on any atom is 0.488 e. The van der Waals surface area contributed by atoms with Crippen molar-refractivity contribution in [3.63, 3.8) is 0 Å². The molecular weight excluding hydrogens is 613 g/mol. The van der Waals surface area contributed by atoms with E-state index in [0.717, 1.165) is 9.80 Å². The molecule has 6 unspecified atom stereocenters. The van der Waals surface area contributed by atoms with Crippen LogP contribution in [0, 0.1) is 29.6 Å². The Morgan fingerprint density at radius 3 is 1.80 bits per heavy atom. The molecular formula is C32H27B2ClN2O9. The van der Waals surface area contributed by atoms with Crippen LogP contribution in [0.4, 0.5) is 11.4 Å². The van der Waals surface area contributed by atoms with E-state index in [9.17, 15) is 44.4 Å². The number of hydrogen-bond donors (Lipinski definition) is 5. The maximum atomic E-state index is 14.2. The molecule has 0 bridgehead atoms. The van der Waals surface area contributed by atoms with Gasteiger partial charge in [0.1, 0.15) is 5.75 Å². The van der Waals surface area contributed by atoms with Gasteiger partial charge in [0.25, 0.3) is 0 Å². The quantitative estimate of drug-likeness (QED) is 0.151. The van der Waals surface area contributed by atoms with Crippen molar-refractivity contribution in [3.8, 4) is 5.75 Å². The third kappa shape index (κ3) is 4.61. The fourth-order valence-corrected chi connectivity index (χ4v) is 8.16. The monoisotopic (exact) mass is 640 g/mol. The minimum atomic E-state index is -1.82. The molecule has 2 aliphatic carbocycles. The van der Waals surface area contributed by atoms with E-state index in [4.69, 9.17) is 11.6 Å². The SMILES string of the molecule is O=C1C2CC=C3C(CC4C(=O)N(c5cccc(B(O)O)c5)C(=O)C4C3c3ccc(O)cc3Cl)C2C(=O)N1c1cccc(B(O)O)c1. The lowest BCUT2D eigenvalue weighted by atomic mass is 9.57. The van der Waals surface area contributed by atoms with Crippen LogP contribution in [0.5, 0.6) is 5.75 Å². The van der Waals surface area contributed by atoms with E-state index in [1.165, 1.54) is 60.7 Å². The van der Waals surface area contributed by atoms with Crippen molar-refractivity contribution in [3.05, 3.63) is 89.0 Å². The number of aromatic hydroxyl groups is 1. The molecule has 0 spiro atoms. The number of fused-ring (bicyclic) bond motifs is 4. The van der Waals surface area contributed by atoms with Crippen LogP contribution in [0.25, 0.3) is 0 Å². The molecule has 0 radical (unpaired) electrons. The molecule has 3 fully saturated rings. The zero-order valence-corrected chi connectivity index (χ0v) is 24.9. The predicted octanol–water partition coefficient (Wildman–Crippen LogP) is 0.450. The van der Waals surface area contributed by atoms with E-state index in [2.05, 4.69) is 0 Å². The smallest absolute Gasteiger partial charge is 0.488 e. The van der Waals surface area contributed by atoms with Crippen LogP contribution in [0.2, 0.25) is 5.02 Å². The summed E-state index contributed by atoms with van der Waals surface area (Å²) in [6.45, 7) is 0. The number of carbonyl (C=O) groups excluding carboxylic acids is 4. The molecule has 3 aromatic carbocycles. The summed E-state index contributed by atoms with van der Waals surface area (Å²) in [5, 5.41) is 49.1. The Balaban J connectivity index is 1.33. The molecule has 4 aliphatic rings. The first-order valence-corrected chi connectivity index (χ1v) is 15.2. The van der Waals surface area contributed by atoms with Gasteiger partial charge in [-0.25, -0.2) is 0 Å². The third-order valence-electron chi connectivity index (χ3n) is 9.82. The zero-order valence-electron chi connectivity index (χ0n) is 24.1. The standard InChI is InChI=1S/C32H27B2ClN2O9/c35-25-13-19(38)7-8-21(25)26-20-9-10-22-27(31(41)36(29(22)39)17-5-1-3-15(11-17)33(43)44)23(20)14-24-28(26)32(42)37(30(24)40)18-6-2-4-16(12-18)34(45)46/h1-9,11-13,22-24,26-28,38,43-46H,10,14H2. The fraction of sp³-hybridized carbons (Fsp3) is 0.250. The average Bonchev–Trinajstić information content (AvgIpc) is 3.44. The Hall–Kier alpha value is -4.26. The molecule has 3 aromatic rings. The van der Waals surface area contributed by atoms with Gasteiger partial charge in [0, 0.05) is 10.9 Å². The second kappa shape index (κ2) is 11.2. The van der Waals surface area contributed by atoms with Gasteiger partial charge in [0.2, 0.25) is 23.6 Å². The molecule has 2 saturated heterocycles. The van der Waals surface area contributed by atoms with Crippen molar-refractivity contribution in [2.24, 2.45) is 29.6 Å². The number of phenols is 1. The first-order valence-electron chi connectivity index (χ1n) is 14.8. The van der Waals surface area contributed by atoms with Crippen molar-refractivity contribution in [2.75, 3.05) is 9.80 Å². The van der Waals surface area contributed by atoms with Crippen molar-refractivity contribution in [1.29, 1.82) is 0 Å². The van der Waals surface area contributed by atoms with Gasteiger partial charge in [-0.1, -0.05) is 53.6 Å². The summed E-state index contributed by atoms with van der Waals surface area (Å²) in [5.74, 6) is -6.79. The Bertz CT molecular complexity index is 1850. The molecule has 1 saturated carbocycles. The number of rotatable bonds is 5. The fourth-order valence-electron chi connectivity index (χ4n) is 7.86. The minimum absolute atomic E-state index is 0.0902. The number of nitrogens with zero attached hydrogens (tertiary/aromatic N) is 2. The number of phenolic OH excluding ortho intramolecular Hbond substituents is 1. The summed E-state index contributed by atoms with van der Waals surface area (Å²) in [6, 6.07) is 16.1. The molecule has 4 amide bonds. The highest BCUT2D eigenvalue weighted by atomic mass is 35.5. The van der Waals surface area contributed by atoms with Gasteiger partial charge in [-0.15, -0.1) is 0 Å². The molecule has 5 N–H and O–H groups in total. The first kappa shape index (κ1) is 30.4. The van der Waals surface area contributed by atoms with Gasteiger partial charge in [-0.05, 0) is 71.6 Å². The topological polar surface area (TPSA) is 176 Å². The van der Waals surface area contributed by atoms with Crippen molar-refractivity contribution in [1.82, 2.24) is 0 Å². The number of allylic oxidation sites excluding steroid dienone is 2. The molecule has 0 aromatic heterocycles. The lowest BCUT2D eigenvalue weighted by molar-refractivity contribution is -0.126. The summed E-state index contributed by atoms with van der Waals surface area (Å²) >= 11 is 6.66. The number of hydrogen-bond acceptors (Lipinski definition) is 9. The van der Waals surface area contributed by atoms with Gasteiger partial charge in [0.15, 0.2) is 0 Å². The Morgan fingerprint density at radius 1 is 0.674 bits per heavy atom. The zero-order chi connectivity index (χ0) is 32.6. The molecule has 232 valence electrons. The number of amides is 4. The maximum absolute atomic E-state index is 14.2. The van der Waals surface area contributed by atoms with Crippen LogP contribution < -0.4 is 20.7 Å². The van der Waals surface area contributed by atoms with Gasteiger partial charge in [-0.3, -0.25) is 29.0 Å². The van der Waals surface area contributed by atoms with E-state index in [0.29, 0.717) is 11.1 Å². The van der Waals surface area contributed by atoms with Gasteiger partial charge in [0.05, 0.1) is 35.0 Å². The summed E-state index contributed by atoms with van der Waals surface area (Å²) in [6.07, 6.45) is 2.17. The van der Waals surface area contributed by atoms with E-state index >= 15 is 0 Å². The largest absolute Gasteiger partial charge is 0.508 e. The van der Waals surface area contributed by atoms with E-state index in [1.54, 1.807) is 6.07 Å². The number of benzene rings is 3. The van der Waals surface area contributed by atoms with E-state index in [1.807, 2.05) is 6.08 Å². The molecule has 46 heavy (non-hydrogen) atoms. The second-order valence-electron chi connectivity index (χ2n) is 12.2. The minimum Gasteiger partial charge on any atom is -0.508 e. The Morgan fingerprint density at radius 2 is 1.24 bits per heavy atom. The summed E-state index contributed by atoms with van der Waals surface area (Å²) in [4.78, 5) is 58.4. The summed E-state index contributed by atoms with van der Waals surface area (Å²) in [7, 11) is -3.62. The highest BCUT2D eigenvalue weighted by Crippen LogP contribution is 2.59. The first-order chi connectivity index (χ1) is 22.0. The van der Waals surface area contributed by atoms with Gasteiger partial charge in [-0.2, -0.15) is 0 Å². The molecule has 11 nitrogen and oxygen atoms in total. The number of carbonyl (C=O) groups is 4. The van der Waals surface area contributed by atoms with E-state index < -0.39 is 73.4 Å². The number of halogens is 1. The lowest BCUT2D eigenvalue weighted by Crippen LogP contribution is -2.43. The van der Waals surface area contributed by atoms with Crippen LogP contribution in [-0.4, -0.2) is 63.1 Å². The van der Waals surface area contributed by atoms with Crippen LogP contribution >= 0.6 is 11.6 Å². The molecule has 14 heteroatoms. The second-order valence-corrected chi connectivity index (χ2v) is 12.6.